The summed E-state index contributed by atoms with van der Waals surface area (Å²) < 4.78 is 27.2. The number of nitrogens with one attached hydrogen (secondary N) is 1. The molecule has 0 atom stereocenters. The molecule has 1 aromatic carbocycles. The molecule has 0 saturated heterocycles. The van der Waals surface area contributed by atoms with Gasteiger partial charge < -0.3 is 0 Å². The number of anilines is 1. The Hall–Kier alpha value is -1.14. The predicted octanol–water partition coefficient (Wildman–Crippen LogP) is 3.23. The van der Waals surface area contributed by atoms with Gasteiger partial charge >= 0.3 is 0 Å². The molecule has 2 rings (SSSR count). The molecule has 0 unspecified atom stereocenters. The maximum absolute atomic E-state index is 11.8. The number of para-hydroxylation sites is 1. The SMILES string of the molecule is CCCCCS(=O)(=O)Nc1nc2ccccc2s1. The Balaban J connectivity index is 2.08. The lowest BCUT2D eigenvalue weighted by atomic mass is 10.3. The van der Waals surface area contributed by atoms with E-state index < -0.39 is 10.0 Å². The second-order valence-corrected chi connectivity index (χ2v) is 6.99. The molecule has 0 fully saturated rings. The molecule has 1 aromatic heterocycles. The van der Waals surface area contributed by atoms with Crippen molar-refractivity contribution in [2.45, 2.75) is 26.2 Å². The van der Waals surface area contributed by atoms with E-state index in [0.29, 0.717) is 11.6 Å². The predicted molar refractivity (Wildman–Crippen MR) is 76.6 cm³/mol. The van der Waals surface area contributed by atoms with Crippen LogP contribution in [0.4, 0.5) is 5.13 Å². The van der Waals surface area contributed by atoms with E-state index in [1.807, 2.05) is 31.2 Å². The molecule has 1 heterocycles. The third kappa shape index (κ3) is 3.43. The van der Waals surface area contributed by atoms with Crippen LogP contribution in [0.15, 0.2) is 24.3 Å². The first-order valence-electron chi connectivity index (χ1n) is 5.97. The van der Waals surface area contributed by atoms with Gasteiger partial charge in [-0.1, -0.05) is 43.2 Å². The van der Waals surface area contributed by atoms with Crippen LogP contribution in [0.25, 0.3) is 10.2 Å². The molecule has 6 heteroatoms. The van der Waals surface area contributed by atoms with Gasteiger partial charge in [0.05, 0.1) is 16.0 Å². The summed E-state index contributed by atoms with van der Waals surface area (Å²) in [5, 5.41) is 0.452. The van der Waals surface area contributed by atoms with Crippen LogP contribution in [-0.2, 0) is 10.0 Å². The van der Waals surface area contributed by atoms with Gasteiger partial charge in [-0.15, -0.1) is 0 Å². The lowest BCUT2D eigenvalue weighted by Crippen LogP contribution is -2.16. The molecule has 1 N–H and O–H groups in total. The summed E-state index contributed by atoms with van der Waals surface area (Å²) in [5.41, 5.74) is 0.828. The van der Waals surface area contributed by atoms with Crippen molar-refractivity contribution in [2.75, 3.05) is 10.5 Å². The second kappa shape index (κ2) is 5.67. The van der Waals surface area contributed by atoms with Gasteiger partial charge in [0.15, 0.2) is 5.13 Å². The van der Waals surface area contributed by atoms with Crippen LogP contribution < -0.4 is 4.72 Å². The molecule has 0 spiro atoms. The Morgan fingerprint density at radius 2 is 2.06 bits per heavy atom. The van der Waals surface area contributed by atoms with Gasteiger partial charge in [0.1, 0.15) is 0 Å². The minimum absolute atomic E-state index is 0.163. The lowest BCUT2D eigenvalue weighted by Gasteiger charge is -2.03. The highest BCUT2D eigenvalue weighted by Gasteiger charge is 2.12. The molecular weight excluding hydrogens is 268 g/mol. The Bertz CT molecular complexity index is 587. The fraction of sp³-hybridized carbons (Fsp3) is 0.417. The summed E-state index contributed by atoms with van der Waals surface area (Å²) in [7, 11) is -3.26. The van der Waals surface area contributed by atoms with Crippen molar-refractivity contribution >= 4 is 36.7 Å². The van der Waals surface area contributed by atoms with E-state index >= 15 is 0 Å². The number of thiazole rings is 1. The zero-order valence-electron chi connectivity index (χ0n) is 10.2. The molecule has 2 aromatic rings. The van der Waals surface area contributed by atoms with Crippen molar-refractivity contribution < 1.29 is 8.42 Å². The topological polar surface area (TPSA) is 59.1 Å². The Morgan fingerprint density at radius 1 is 1.28 bits per heavy atom. The van der Waals surface area contributed by atoms with Crippen LogP contribution in [0.3, 0.4) is 0 Å². The molecule has 4 nitrogen and oxygen atoms in total. The van der Waals surface area contributed by atoms with Gasteiger partial charge in [0.2, 0.25) is 10.0 Å². The van der Waals surface area contributed by atoms with Gasteiger partial charge in [-0.25, -0.2) is 13.4 Å². The largest absolute Gasteiger partial charge is 0.259 e. The third-order valence-electron chi connectivity index (χ3n) is 2.55. The first kappa shape index (κ1) is 13.3. The Labute approximate surface area is 111 Å². The molecule has 0 aliphatic carbocycles. The van der Waals surface area contributed by atoms with E-state index in [4.69, 9.17) is 0 Å². The number of hydrogen-bond donors (Lipinski definition) is 1. The van der Waals surface area contributed by atoms with Crippen molar-refractivity contribution in [1.82, 2.24) is 4.98 Å². The first-order chi connectivity index (χ1) is 8.61. The number of benzene rings is 1. The van der Waals surface area contributed by atoms with Crippen LogP contribution in [0, 0.1) is 0 Å². The average molecular weight is 284 g/mol. The third-order valence-corrected chi connectivity index (χ3v) is 4.96. The first-order valence-corrected chi connectivity index (χ1v) is 8.43. The molecule has 0 aliphatic rings. The normalized spacial score (nSPS) is 11.8. The minimum Gasteiger partial charge on any atom is -0.259 e. The smallest absolute Gasteiger partial charge is 0.234 e. The van der Waals surface area contributed by atoms with Crippen LogP contribution in [0.2, 0.25) is 0 Å². The van der Waals surface area contributed by atoms with E-state index in [1.54, 1.807) is 0 Å². The summed E-state index contributed by atoms with van der Waals surface area (Å²) >= 11 is 1.36. The van der Waals surface area contributed by atoms with Crippen molar-refractivity contribution in [2.24, 2.45) is 0 Å². The molecule has 98 valence electrons. The van der Waals surface area contributed by atoms with Crippen LogP contribution >= 0.6 is 11.3 Å². The monoisotopic (exact) mass is 284 g/mol. The number of rotatable bonds is 6. The van der Waals surface area contributed by atoms with E-state index in [0.717, 1.165) is 23.1 Å². The van der Waals surface area contributed by atoms with Gasteiger partial charge in [0.25, 0.3) is 0 Å². The molecule has 0 amide bonds. The number of fused-ring (bicyclic) bond motifs is 1. The minimum atomic E-state index is -3.26. The molecule has 0 bridgehead atoms. The van der Waals surface area contributed by atoms with Crippen LogP contribution in [0.5, 0.6) is 0 Å². The number of unbranched alkanes of at least 4 members (excludes halogenated alkanes) is 2. The number of sulfonamides is 1. The van der Waals surface area contributed by atoms with Crippen LogP contribution in [-0.4, -0.2) is 19.2 Å². The average Bonchev–Trinajstić information content (AvgIpc) is 2.70. The molecule has 0 saturated carbocycles. The zero-order valence-corrected chi connectivity index (χ0v) is 11.9. The summed E-state index contributed by atoms with van der Waals surface area (Å²) in [4.78, 5) is 4.25. The number of aromatic nitrogens is 1. The maximum Gasteiger partial charge on any atom is 0.234 e. The van der Waals surface area contributed by atoms with E-state index in [-0.39, 0.29) is 5.75 Å². The molecule has 18 heavy (non-hydrogen) atoms. The summed E-state index contributed by atoms with van der Waals surface area (Å²) in [6.07, 6.45) is 2.63. The van der Waals surface area contributed by atoms with Gasteiger partial charge in [-0.2, -0.15) is 0 Å². The molecule has 0 radical (unpaired) electrons. The summed E-state index contributed by atoms with van der Waals surface area (Å²) in [6.45, 7) is 2.05. The van der Waals surface area contributed by atoms with Gasteiger partial charge in [-0.3, -0.25) is 4.72 Å². The molecular formula is C12H16N2O2S2. The van der Waals surface area contributed by atoms with Gasteiger partial charge in [-0.05, 0) is 18.6 Å². The summed E-state index contributed by atoms with van der Waals surface area (Å²) in [5.74, 6) is 0.163. The van der Waals surface area contributed by atoms with Crippen LogP contribution in [0.1, 0.15) is 26.2 Å². The summed E-state index contributed by atoms with van der Waals surface area (Å²) in [6, 6.07) is 7.62. The maximum atomic E-state index is 11.8. The fourth-order valence-corrected chi connectivity index (χ4v) is 3.90. The standard InChI is InChI=1S/C12H16N2O2S2/c1-2-3-6-9-18(15,16)14-12-13-10-7-4-5-8-11(10)17-12/h4-5,7-8H,2-3,6,9H2,1H3,(H,13,14). The molecule has 0 aliphatic heterocycles. The quantitative estimate of drug-likeness (QED) is 0.828. The van der Waals surface area contributed by atoms with E-state index in [9.17, 15) is 8.42 Å². The number of hydrogen-bond acceptors (Lipinski definition) is 4. The highest BCUT2D eigenvalue weighted by Crippen LogP contribution is 2.26. The fourth-order valence-electron chi connectivity index (χ4n) is 1.64. The van der Waals surface area contributed by atoms with E-state index in [2.05, 4.69) is 9.71 Å². The van der Waals surface area contributed by atoms with E-state index in [1.165, 1.54) is 11.3 Å². The Morgan fingerprint density at radius 3 is 2.78 bits per heavy atom. The van der Waals surface area contributed by atoms with Gasteiger partial charge in [0, 0.05) is 0 Å². The Kier molecular flexibility index (Phi) is 4.19. The van der Waals surface area contributed by atoms with Crippen molar-refractivity contribution in [3.8, 4) is 0 Å². The number of nitrogens with zero attached hydrogens (tertiary/aromatic N) is 1. The highest BCUT2D eigenvalue weighted by molar-refractivity contribution is 7.92. The van der Waals surface area contributed by atoms with Crippen molar-refractivity contribution in [3.05, 3.63) is 24.3 Å². The highest BCUT2D eigenvalue weighted by atomic mass is 32.2. The van der Waals surface area contributed by atoms with Crippen molar-refractivity contribution in [1.29, 1.82) is 0 Å². The lowest BCUT2D eigenvalue weighted by molar-refractivity contribution is 0.596. The zero-order chi connectivity index (χ0) is 13.0. The second-order valence-electron chi connectivity index (χ2n) is 4.11. The van der Waals surface area contributed by atoms with Crippen molar-refractivity contribution in [3.63, 3.8) is 0 Å².